The lowest BCUT2D eigenvalue weighted by Crippen LogP contribution is -2.41. The summed E-state index contributed by atoms with van der Waals surface area (Å²) in [5, 5.41) is 41.0. The monoisotopic (exact) mass is 1490 g/mol. The number of nitrogens with one attached hydrogen (secondary N) is 1. The number of hydrogen-bond acceptors (Lipinski definition) is 9. The molecule has 0 radical (unpaired) electrons. The number of amides is 1. The lowest BCUT2D eigenvalue weighted by atomic mass is 9.81. The Hall–Kier alpha value is -9.29. The first kappa shape index (κ1) is 82.8. The van der Waals surface area contributed by atoms with Gasteiger partial charge in [-0.1, -0.05) is 231 Å². The second kappa shape index (κ2) is 45.5. The predicted molar refractivity (Wildman–Crippen MR) is 443 cm³/mol. The molecular formula is C96H111Cl2N3O7. The Morgan fingerprint density at radius 1 is 0.352 bits per heavy atom. The molecule has 0 atom stereocenters. The number of halogens is 2. The zero-order chi connectivity index (χ0) is 74.6. The Morgan fingerprint density at radius 2 is 0.667 bits per heavy atom. The van der Waals surface area contributed by atoms with Gasteiger partial charge in [-0.2, -0.15) is 0 Å². The fourth-order valence-electron chi connectivity index (χ4n) is 15.7. The highest BCUT2D eigenvalue weighted by Crippen LogP contribution is 2.39. The second-order valence-corrected chi connectivity index (χ2v) is 29.9. The minimum Gasteiger partial charge on any atom is -0.508 e. The lowest BCUT2D eigenvalue weighted by Gasteiger charge is -2.37. The van der Waals surface area contributed by atoms with E-state index in [1.54, 1.807) is 36.4 Å². The fourth-order valence-corrected chi connectivity index (χ4v) is 15.8. The molecule has 1 amide bonds. The number of carbonyl (C=O) groups excluding carboxylic acids is 3. The van der Waals surface area contributed by atoms with Crippen LogP contribution in [0.4, 0.5) is 0 Å². The maximum Gasteiger partial charge on any atom is 0.223 e. The van der Waals surface area contributed by atoms with Crippen molar-refractivity contribution in [2.75, 3.05) is 6.54 Å². The quantitative estimate of drug-likeness (QED) is 0.0394. The molecule has 14 rings (SSSR count). The summed E-state index contributed by atoms with van der Waals surface area (Å²) in [7, 11) is 0. The molecule has 10 nitrogen and oxygen atoms in total. The van der Waals surface area contributed by atoms with E-state index < -0.39 is 0 Å². The number of phenols is 4. The van der Waals surface area contributed by atoms with Crippen LogP contribution in [0.25, 0.3) is 0 Å². The average Bonchev–Trinajstić information content (AvgIpc) is 0.864. The van der Waals surface area contributed by atoms with E-state index in [1.165, 1.54) is 108 Å². The number of hydrogen-bond donors (Lipinski definition) is 5. The van der Waals surface area contributed by atoms with Gasteiger partial charge in [-0.3, -0.25) is 19.3 Å². The Bertz CT molecular complexity index is 4110. The molecule has 566 valence electrons. The van der Waals surface area contributed by atoms with Crippen molar-refractivity contribution in [3.05, 3.63) is 335 Å². The summed E-state index contributed by atoms with van der Waals surface area (Å²) >= 11 is 5.19. The Kier molecular flexibility index (Phi) is 34.9. The Balaban J connectivity index is 0.000000163. The molecule has 108 heavy (non-hydrogen) atoms. The number of phenolic OH excluding ortho intramolecular Hbond substituents is 4. The molecule has 0 unspecified atom stereocenters. The summed E-state index contributed by atoms with van der Waals surface area (Å²) in [6.07, 6.45) is 22.3. The highest BCUT2D eigenvalue weighted by molar-refractivity contribution is 6.63. The van der Waals surface area contributed by atoms with Crippen molar-refractivity contribution in [1.29, 1.82) is 0 Å². The van der Waals surface area contributed by atoms with Crippen LogP contribution in [-0.2, 0) is 53.3 Å². The van der Waals surface area contributed by atoms with Crippen LogP contribution in [-0.4, -0.2) is 71.8 Å². The van der Waals surface area contributed by atoms with Crippen LogP contribution < -0.4 is 5.32 Å². The summed E-state index contributed by atoms with van der Waals surface area (Å²) in [6.45, 7) is 3.85. The number of ketones is 1. The van der Waals surface area contributed by atoms with Crippen molar-refractivity contribution in [3.63, 3.8) is 0 Å². The highest BCUT2D eigenvalue weighted by atomic mass is 35.5. The van der Waals surface area contributed by atoms with Gasteiger partial charge < -0.3 is 30.6 Å². The van der Waals surface area contributed by atoms with Gasteiger partial charge in [0.1, 0.15) is 28.8 Å². The number of benzene rings is 10. The minimum atomic E-state index is -0.270. The van der Waals surface area contributed by atoms with E-state index in [4.69, 9.17) is 16.7 Å². The third-order valence-corrected chi connectivity index (χ3v) is 22.1. The van der Waals surface area contributed by atoms with Crippen LogP contribution in [0.15, 0.2) is 279 Å². The molecule has 5 N–H and O–H groups in total. The molecular weight excluding hydrogens is 1380 g/mol. The maximum atomic E-state index is 13.3. The van der Waals surface area contributed by atoms with Crippen LogP contribution in [0.3, 0.4) is 0 Å². The van der Waals surface area contributed by atoms with Gasteiger partial charge in [-0.25, -0.2) is 0 Å². The van der Waals surface area contributed by atoms with Crippen LogP contribution in [0, 0.1) is 0 Å². The van der Waals surface area contributed by atoms with E-state index in [2.05, 4.69) is 155 Å². The molecule has 0 spiro atoms. The molecule has 4 fully saturated rings. The Labute approximate surface area is 653 Å². The van der Waals surface area contributed by atoms with Gasteiger partial charge in [0.25, 0.3) is 0 Å². The molecule has 10 aromatic rings. The first-order valence-electron chi connectivity index (χ1n) is 39.2. The van der Waals surface area contributed by atoms with E-state index >= 15 is 0 Å². The summed E-state index contributed by atoms with van der Waals surface area (Å²) in [5.41, 5.74) is 13.1. The third kappa shape index (κ3) is 28.7. The predicted octanol–water partition coefficient (Wildman–Crippen LogP) is 22.3. The van der Waals surface area contributed by atoms with Gasteiger partial charge in [-0.15, -0.1) is 12.4 Å². The zero-order valence-corrected chi connectivity index (χ0v) is 64.3. The highest BCUT2D eigenvalue weighted by Gasteiger charge is 2.31. The lowest BCUT2D eigenvalue weighted by molar-refractivity contribution is -0.135. The van der Waals surface area contributed by atoms with Crippen molar-refractivity contribution < 1.29 is 34.8 Å². The Morgan fingerprint density at radius 3 is 1.05 bits per heavy atom. The van der Waals surface area contributed by atoms with E-state index in [0.29, 0.717) is 96.8 Å². The molecule has 0 bridgehead atoms. The number of aromatic hydroxyl groups is 4. The number of aryl methyl sites for hydroxylation is 3. The van der Waals surface area contributed by atoms with E-state index in [0.717, 1.165) is 83.0 Å². The largest absolute Gasteiger partial charge is 0.508 e. The first-order valence-corrected chi connectivity index (χ1v) is 39.6. The smallest absolute Gasteiger partial charge is 0.223 e. The van der Waals surface area contributed by atoms with Gasteiger partial charge in [0.2, 0.25) is 11.1 Å². The summed E-state index contributed by atoms with van der Waals surface area (Å²) in [6, 6.07) is 94.9. The third-order valence-electron chi connectivity index (χ3n) is 21.9. The van der Waals surface area contributed by atoms with Crippen LogP contribution in [0.5, 0.6) is 23.0 Å². The normalized spacial score (nSPS) is 18.3. The molecule has 12 heteroatoms. The average molecular weight is 1490 g/mol. The summed E-state index contributed by atoms with van der Waals surface area (Å²) in [4.78, 5) is 39.6. The molecule has 0 aromatic heterocycles. The molecule has 0 heterocycles. The summed E-state index contributed by atoms with van der Waals surface area (Å²) in [5.74, 6) is 4.28. The molecule has 0 saturated heterocycles. The van der Waals surface area contributed by atoms with Gasteiger partial charge >= 0.3 is 0 Å². The van der Waals surface area contributed by atoms with Crippen molar-refractivity contribution in [2.24, 2.45) is 0 Å². The van der Waals surface area contributed by atoms with E-state index in [1.807, 2.05) is 103 Å². The molecule has 4 aliphatic carbocycles. The zero-order valence-electron chi connectivity index (χ0n) is 62.7. The van der Waals surface area contributed by atoms with Gasteiger partial charge in [-0.05, 0) is 262 Å². The molecule has 10 aromatic carbocycles. The minimum absolute atomic E-state index is 0. The maximum absolute atomic E-state index is 13.3. The van der Waals surface area contributed by atoms with E-state index in [9.17, 15) is 29.7 Å². The van der Waals surface area contributed by atoms with E-state index in [-0.39, 0.29) is 29.6 Å². The number of carbonyl (C=O) groups is 3. The van der Waals surface area contributed by atoms with Gasteiger partial charge in [0.05, 0.1) is 0 Å². The standard InChI is InChI=1S/C28H31NO2.C28H33NO.C19H23NO.C12H14O2.C9H9ClO.ClH/c30-27-18-14-25(15-19-27)24-12-16-26(17-13-24)29(21-23-9-5-2-6-10-23)28(31)20-11-22-7-3-1-4-8-22;30-28-19-15-26(16-20-28)25-13-17-27(18-14-25)29(22-24-10-5-2-6-11-24)21-7-12-23-8-3-1-4-9-23;21-19-12-8-17(9-13-19)16-6-10-18(11-7-16)20-14-15-4-2-1-3-5-15;13-11-5-1-9(2-6-11)10-3-7-12(14)8-4-10;10-9(11)7-6-8-4-2-1-3-5-8;/h1-10,14-15,18-19,24,26,30H,11-13,16-17,20-21H2;1-6,8-11,15-16,19-20,25,27,30H,7,12-14,17-18,21-22H2;1-5,8-9,12-13,16,18,20-21H,6-7,10-11,14H2;1-2,5-6,10,13H,3-4,7-8H2;1-5H,6-7H2;1H. The fraction of sp³-hybridized carbons (Fsp3) is 0.344. The van der Waals surface area contributed by atoms with Crippen molar-refractivity contribution in [2.45, 2.75) is 203 Å². The molecule has 0 aliphatic heterocycles. The number of Topliss-reactive ketones (excluding diaryl/α,β-unsaturated/α-hetero) is 1. The van der Waals surface area contributed by atoms with Crippen molar-refractivity contribution in [1.82, 2.24) is 15.1 Å². The van der Waals surface area contributed by atoms with Crippen LogP contribution in [0.2, 0.25) is 0 Å². The van der Waals surface area contributed by atoms with Gasteiger partial charge in [0, 0.05) is 63.4 Å². The summed E-state index contributed by atoms with van der Waals surface area (Å²) < 4.78 is 0. The van der Waals surface area contributed by atoms with Crippen LogP contribution >= 0.6 is 24.0 Å². The first-order chi connectivity index (χ1) is 52.3. The topological polar surface area (TPSA) is 151 Å². The number of rotatable bonds is 23. The van der Waals surface area contributed by atoms with Gasteiger partial charge in [0.15, 0.2) is 0 Å². The number of nitrogens with zero attached hydrogens (tertiary/aromatic N) is 2. The molecule has 4 aliphatic rings. The van der Waals surface area contributed by atoms with Crippen LogP contribution in [0.1, 0.15) is 201 Å². The van der Waals surface area contributed by atoms with Crippen molar-refractivity contribution >= 4 is 40.9 Å². The second-order valence-electron chi connectivity index (χ2n) is 29.5. The molecule has 4 saturated carbocycles. The van der Waals surface area contributed by atoms with Crippen molar-refractivity contribution in [3.8, 4) is 23.0 Å². The SMILES string of the molecule is Cl.O=C(CCc1ccccc1)N(Cc1ccccc1)C1CCC(c2ccc(O)cc2)CC1.O=C(Cl)CCc1ccccc1.O=C1CCC(c2ccc(O)cc2)CC1.Oc1ccc(C2CCC(N(CCCc3ccccc3)Cc3ccccc3)CC2)cc1.Oc1ccc(C2CCC(NCc3ccccc3)CC2)cc1.